The monoisotopic (exact) mass is 488 g/mol. The van der Waals surface area contributed by atoms with E-state index in [4.69, 9.17) is 23.2 Å². The summed E-state index contributed by atoms with van der Waals surface area (Å²) in [5.74, 6) is 1.68. The lowest BCUT2D eigenvalue weighted by Gasteiger charge is -2.36. The number of halogens is 2. The van der Waals surface area contributed by atoms with Gasteiger partial charge in [-0.3, -0.25) is 9.59 Å². The van der Waals surface area contributed by atoms with Crippen molar-refractivity contribution in [2.45, 2.75) is 87.5 Å². The Morgan fingerprint density at radius 2 is 1.78 bits per heavy atom. The Hall–Kier alpha value is -0.560. The number of piperidine rings is 1. The molecule has 0 aromatic rings. The summed E-state index contributed by atoms with van der Waals surface area (Å²) in [4.78, 5) is 27.3. The fraction of sp³-hybridized carbons (Fsp3) is 0.917. The van der Waals surface area contributed by atoms with Gasteiger partial charge in [-0.15, -0.1) is 23.2 Å². The van der Waals surface area contributed by atoms with Crippen molar-refractivity contribution in [3.8, 4) is 0 Å². The summed E-state index contributed by atoms with van der Waals surface area (Å²) in [6, 6.07) is 0.321. The average Bonchev–Trinajstić information content (AvgIpc) is 3.16. The van der Waals surface area contributed by atoms with Crippen molar-refractivity contribution < 1.29 is 9.59 Å². The van der Waals surface area contributed by atoms with Crippen molar-refractivity contribution in [1.82, 2.24) is 20.9 Å². The normalized spacial score (nSPS) is 33.9. The van der Waals surface area contributed by atoms with E-state index in [9.17, 15) is 9.59 Å². The van der Waals surface area contributed by atoms with Crippen LogP contribution in [0.25, 0.3) is 0 Å². The molecule has 2 heterocycles. The zero-order valence-corrected chi connectivity index (χ0v) is 21.3. The predicted molar refractivity (Wildman–Crippen MR) is 131 cm³/mol. The van der Waals surface area contributed by atoms with Crippen LogP contribution in [0.1, 0.15) is 64.7 Å². The largest absolute Gasteiger partial charge is 0.355 e. The van der Waals surface area contributed by atoms with Crippen molar-refractivity contribution >= 4 is 35.0 Å². The summed E-state index contributed by atoms with van der Waals surface area (Å²) in [6.07, 6.45) is 8.83. The van der Waals surface area contributed by atoms with E-state index in [0.29, 0.717) is 24.3 Å². The van der Waals surface area contributed by atoms with Crippen LogP contribution >= 0.6 is 23.2 Å². The number of amides is 2. The minimum Gasteiger partial charge on any atom is -0.355 e. The van der Waals surface area contributed by atoms with Crippen LogP contribution < -0.4 is 16.0 Å². The molecule has 0 aromatic carbocycles. The van der Waals surface area contributed by atoms with Gasteiger partial charge in [0.15, 0.2) is 0 Å². The molecule has 1 saturated carbocycles. The third-order valence-electron chi connectivity index (χ3n) is 7.80. The molecule has 32 heavy (non-hydrogen) atoms. The first kappa shape index (κ1) is 26.1. The van der Waals surface area contributed by atoms with Crippen LogP contribution in [0.4, 0.5) is 0 Å². The van der Waals surface area contributed by atoms with Crippen molar-refractivity contribution in [3.63, 3.8) is 0 Å². The molecule has 0 spiro atoms. The number of unbranched alkanes of at least 4 members (excludes halogenated alkanes) is 1. The lowest BCUT2D eigenvalue weighted by atomic mass is 9.86. The van der Waals surface area contributed by atoms with E-state index in [1.807, 2.05) is 7.05 Å². The van der Waals surface area contributed by atoms with Gasteiger partial charge >= 0.3 is 0 Å². The number of hydrogen-bond acceptors (Lipinski definition) is 4. The topological polar surface area (TPSA) is 73.5 Å². The van der Waals surface area contributed by atoms with Gasteiger partial charge in [0.25, 0.3) is 0 Å². The highest BCUT2D eigenvalue weighted by Gasteiger charge is 2.35. The van der Waals surface area contributed by atoms with Gasteiger partial charge in [-0.25, -0.2) is 0 Å². The first-order valence-corrected chi connectivity index (χ1v) is 13.5. The molecule has 3 N–H and O–H groups in total. The second-order valence-corrected chi connectivity index (χ2v) is 11.3. The van der Waals surface area contributed by atoms with Crippen LogP contribution in [0.2, 0.25) is 0 Å². The molecular formula is C24H42Cl2N4O2. The summed E-state index contributed by atoms with van der Waals surface area (Å²) in [5, 5.41) is 9.68. The minimum absolute atomic E-state index is 0.00417. The Morgan fingerprint density at radius 3 is 2.47 bits per heavy atom. The summed E-state index contributed by atoms with van der Waals surface area (Å²) in [7, 11) is 1.96. The average molecular weight is 490 g/mol. The van der Waals surface area contributed by atoms with Gasteiger partial charge < -0.3 is 20.9 Å². The van der Waals surface area contributed by atoms with Crippen molar-refractivity contribution in [1.29, 1.82) is 0 Å². The van der Waals surface area contributed by atoms with Gasteiger partial charge in [0.05, 0.1) is 11.4 Å². The Kier molecular flexibility index (Phi) is 10.4. The molecule has 2 amide bonds. The number of nitrogens with one attached hydrogen (secondary N) is 3. The van der Waals surface area contributed by atoms with E-state index in [1.54, 1.807) is 0 Å². The molecule has 3 rings (SSSR count). The molecule has 6 nitrogen and oxygen atoms in total. The summed E-state index contributed by atoms with van der Waals surface area (Å²) in [6.45, 7) is 5.60. The van der Waals surface area contributed by atoms with E-state index in [0.717, 1.165) is 71.1 Å². The first-order chi connectivity index (χ1) is 15.4. The van der Waals surface area contributed by atoms with Gasteiger partial charge in [-0.1, -0.05) is 12.8 Å². The van der Waals surface area contributed by atoms with E-state index in [1.165, 1.54) is 6.42 Å². The van der Waals surface area contributed by atoms with Crippen LogP contribution in [0, 0.1) is 17.8 Å². The first-order valence-electron chi connectivity index (χ1n) is 12.6. The molecule has 6 atom stereocenters. The number of rotatable bonds is 9. The SMILES string of the molecule is CNCC1CC(C(=O)NCCCCC2CCN(C(=O)C3CCC(Cl)C(Cl)C3)CC2)NC1C. The predicted octanol–water partition coefficient (Wildman–Crippen LogP) is 3.11. The van der Waals surface area contributed by atoms with Gasteiger partial charge in [0, 0.05) is 37.0 Å². The van der Waals surface area contributed by atoms with E-state index in [2.05, 4.69) is 27.8 Å². The zero-order valence-electron chi connectivity index (χ0n) is 19.8. The molecule has 3 aliphatic rings. The van der Waals surface area contributed by atoms with Gasteiger partial charge in [-0.05, 0) is 77.3 Å². The molecule has 0 radical (unpaired) electrons. The second kappa shape index (κ2) is 12.8. The Bertz CT molecular complexity index is 615. The van der Waals surface area contributed by atoms with Crippen molar-refractivity contribution in [2.75, 3.05) is 33.2 Å². The smallest absolute Gasteiger partial charge is 0.237 e. The molecule has 1 aliphatic carbocycles. The standard InChI is InChI=1S/C24H42Cl2N4O2/c1-16-19(15-27-2)14-22(29-16)23(31)28-10-4-3-5-17-8-11-30(12-9-17)24(32)18-6-7-20(25)21(26)13-18/h16-22,27,29H,3-15H2,1-2H3,(H,28,31). The Balaban J connectivity index is 1.25. The molecule has 2 aliphatic heterocycles. The van der Waals surface area contributed by atoms with Crippen LogP contribution in [-0.4, -0.2) is 72.8 Å². The molecule has 184 valence electrons. The van der Waals surface area contributed by atoms with E-state index in [-0.39, 0.29) is 34.5 Å². The summed E-state index contributed by atoms with van der Waals surface area (Å²) < 4.78 is 0. The highest BCUT2D eigenvalue weighted by molar-refractivity contribution is 6.30. The number of carbonyl (C=O) groups excluding carboxylic acids is 2. The minimum atomic E-state index is -0.0833. The molecule has 0 aromatic heterocycles. The Labute approximate surface area is 203 Å². The number of carbonyl (C=O) groups is 2. The quantitative estimate of drug-likeness (QED) is 0.344. The fourth-order valence-electron chi connectivity index (χ4n) is 5.63. The van der Waals surface area contributed by atoms with E-state index < -0.39 is 0 Å². The zero-order chi connectivity index (χ0) is 23.1. The van der Waals surface area contributed by atoms with Gasteiger partial charge in [0.1, 0.15) is 0 Å². The molecule has 0 bridgehead atoms. The Morgan fingerprint density at radius 1 is 1.03 bits per heavy atom. The van der Waals surface area contributed by atoms with Gasteiger partial charge in [-0.2, -0.15) is 0 Å². The fourth-order valence-corrected chi connectivity index (χ4v) is 6.20. The lowest BCUT2D eigenvalue weighted by molar-refractivity contribution is -0.138. The molecule has 8 heteroatoms. The second-order valence-electron chi connectivity index (χ2n) is 10.2. The van der Waals surface area contributed by atoms with Crippen LogP contribution in [0.3, 0.4) is 0 Å². The summed E-state index contributed by atoms with van der Waals surface area (Å²) >= 11 is 12.5. The number of hydrogen-bond donors (Lipinski definition) is 3. The maximum absolute atomic E-state index is 12.8. The number of alkyl halides is 2. The van der Waals surface area contributed by atoms with Crippen LogP contribution in [0.5, 0.6) is 0 Å². The number of likely N-dealkylation sites (tertiary alicyclic amines) is 1. The van der Waals surface area contributed by atoms with E-state index >= 15 is 0 Å². The number of nitrogens with zero attached hydrogens (tertiary/aromatic N) is 1. The molecule has 2 saturated heterocycles. The van der Waals surface area contributed by atoms with Crippen LogP contribution in [0.15, 0.2) is 0 Å². The highest BCUT2D eigenvalue weighted by atomic mass is 35.5. The maximum atomic E-state index is 12.8. The lowest BCUT2D eigenvalue weighted by Crippen LogP contribution is -2.44. The third-order valence-corrected chi connectivity index (χ3v) is 8.93. The van der Waals surface area contributed by atoms with Gasteiger partial charge in [0.2, 0.25) is 11.8 Å². The molecule has 3 fully saturated rings. The third kappa shape index (κ3) is 7.22. The summed E-state index contributed by atoms with van der Waals surface area (Å²) in [5.41, 5.74) is 0. The van der Waals surface area contributed by atoms with Crippen molar-refractivity contribution in [3.05, 3.63) is 0 Å². The molecular weight excluding hydrogens is 447 g/mol. The maximum Gasteiger partial charge on any atom is 0.237 e. The molecule has 6 unspecified atom stereocenters. The highest BCUT2D eigenvalue weighted by Crippen LogP contribution is 2.33. The van der Waals surface area contributed by atoms with Crippen LogP contribution in [-0.2, 0) is 9.59 Å². The van der Waals surface area contributed by atoms with Crippen molar-refractivity contribution in [2.24, 2.45) is 17.8 Å².